The van der Waals surface area contributed by atoms with Crippen LogP contribution >= 0.6 is 0 Å². The molecule has 2 saturated heterocycles. The predicted octanol–water partition coefficient (Wildman–Crippen LogP) is 6.65. The van der Waals surface area contributed by atoms with Crippen LogP contribution < -0.4 is 0 Å². The fourth-order valence-electron chi connectivity index (χ4n) is 4.18. The number of benzene rings is 1. The minimum Gasteiger partial charge on any atom is -0.311 e. The number of rotatable bonds is 11. The van der Waals surface area contributed by atoms with Crippen LogP contribution in [-0.2, 0) is 26.7 Å². The van der Waals surface area contributed by atoms with Gasteiger partial charge >= 0.3 is 0 Å². The molecule has 3 heteroatoms. The molecule has 26 heavy (non-hydrogen) atoms. The Hall–Kier alpha value is -0.900. The van der Waals surface area contributed by atoms with Crippen molar-refractivity contribution in [2.75, 3.05) is 0 Å². The zero-order valence-corrected chi connectivity index (χ0v) is 16.7. The normalized spacial score (nSPS) is 27.8. The molecule has 3 unspecified atom stereocenters. The van der Waals surface area contributed by atoms with Gasteiger partial charge in [0, 0.05) is 17.9 Å². The number of unbranched alkanes of at least 4 members (excludes halogenated alkanes) is 6. The van der Waals surface area contributed by atoms with Crippen molar-refractivity contribution in [3.63, 3.8) is 0 Å². The molecule has 0 aliphatic carbocycles. The van der Waals surface area contributed by atoms with Gasteiger partial charge in [-0.05, 0) is 31.2 Å². The molecular formula is C23H36O3. The number of fused-ring (bicyclic) bond motifs is 2. The molecule has 0 radical (unpaired) electrons. The third kappa shape index (κ3) is 4.88. The van der Waals surface area contributed by atoms with E-state index in [0.717, 1.165) is 24.8 Å². The summed E-state index contributed by atoms with van der Waals surface area (Å²) in [7, 11) is 0. The minimum absolute atomic E-state index is 0.196. The third-order valence-electron chi connectivity index (χ3n) is 5.95. The highest BCUT2D eigenvalue weighted by atomic mass is 17.3. The van der Waals surface area contributed by atoms with E-state index in [1.807, 2.05) is 0 Å². The van der Waals surface area contributed by atoms with Crippen molar-refractivity contribution in [2.45, 2.75) is 103 Å². The molecule has 2 aliphatic heterocycles. The summed E-state index contributed by atoms with van der Waals surface area (Å²) in [6, 6.07) is 8.81. The van der Waals surface area contributed by atoms with Gasteiger partial charge in [-0.15, -0.1) is 0 Å². The van der Waals surface area contributed by atoms with E-state index in [9.17, 15) is 0 Å². The van der Waals surface area contributed by atoms with Crippen molar-refractivity contribution >= 4 is 0 Å². The molecule has 2 heterocycles. The molecule has 2 bridgehead atoms. The van der Waals surface area contributed by atoms with Gasteiger partial charge in [-0.2, -0.15) is 4.89 Å². The molecule has 1 aromatic carbocycles. The Labute approximate surface area is 159 Å². The molecule has 0 spiro atoms. The predicted molar refractivity (Wildman–Crippen MR) is 104 cm³/mol. The summed E-state index contributed by atoms with van der Waals surface area (Å²) in [6.45, 7) is 4.50. The van der Waals surface area contributed by atoms with Crippen molar-refractivity contribution < 1.29 is 14.5 Å². The van der Waals surface area contributed by atoms with E-state index < -0.39 is 5.79 Å². The van der Waals surface area contributed by atoms with Gasteiger partial charge in [0.25, 0.3) is 0 Å². The lowest BCUT2D eigenvalue weighted by atomic mass is 9.88. The molecular weight excluding hydrogens is 324 g/mol. The Bertz CT molecular complexity index is 527. The van der Waals surface area contributed by atoms with Crippen LogP contribution in [0.25, 0.3) is 0 Å². The van der Waals surface area contributed by atoms with Crippen molar-refractivity contribution in [1.82, 2.24) is 0 Å². The Balaban J connectivity index is 1.48. The van der Waals surface area contributed by atoms with Gasteiger partial charge in [-0.1, -0.05) is 83.1 Å². The maximum absolute atomic E-state index is 6.21. The zero-order valence-electron chi connectivity index (χ0n) is 16.7. The summed E-state index contributed by atoms with van der Waals surface area (Å²) >= 11 is 0. The third-order valence-corrected chi connectivity index (χ3v) is 5.95. The minimum atomic E-state index is -0.675. The van der Waals surface area contributed by atoms with Crippen LogP contribution in [0, 0.1) is 5.92 Å². The summed E-state index contributed by atoms with van der Waals surface area (Å²) < 4.78 is 6.21. The van der Waals surface area contributed by atoms with E-state index in [1.54, 1.807) is 0 Å². The van der Waals surface area contributed by atoms with Gasteiger partial charge < -0.3 is 4.74 Å². The highest BCUT2D eigenvalue weighted by Crippen LogP contribution is 2.48. The van der Waals surface area contributed by atoms with Crippen molar-refractivity contribution in [2.24, 2.45) is 5.92 Å². The lowest BCUT2D eigenvalue weighted by Gasteiger charge is -2.33. The van der Waals surface area contributed by atoms with E-state index in [2.05, 4.69) is 38.1 Å². The number of hydrogen-bond acceptors (Lipinski definition) is 3. The van der Waals surface area contributed by atoms with Crippen LogP contribution in [0.2, 0.25) is 0 Å². The van der Waals surface area contributed by atoms with E-state index in [4.69, 9.17) is 14.5 Å². The van der Waals surface area contributed by atoms with Crippen LogP contribution in [0.1, 0.15) is 95.6 Å². The maximum Gasteiger partial charge on any atom is 0.230 e. The maximum atomic E-state index is 6.21. The molecule has 2 fully saturated rings. The fourth-order valence-corrected chi connectivity index (χ4v) is 4.18. The molecule has 0 saturated carbocycles. The quantitative estimate of drug-likeness (QED) is 0.327. The molecule has 0 N–H and O–H groups in total. The van der Waals surface area contributed by atoms with Gasteiger partial charge in [0.15, 0.2) is 6.29 Å². The lowest BCUT2D eigenvalue weighted by Crippen LogP contribution is -2.36. The van der Waals surface area contributed by atoms with Crippen molar-refractivity contribution in [3.8, 4) is 0 Å². The van der Waals surface area contributed by atoms with Gasteiger partial charge in [-0.25, -0.2) is 4.89 Å². The van der Waals surface area contributed by atoms with E-state index in [-0.39, 0.29) is 6.29 Å². The van der Waals surface area contributed by atoms with Crippen LogP contribution in [0.3, 0.4) is 0 Å². The van der Waals surface area contributed by atoms with Crippen LogP contribution in [-0.4, -0.2) is 6.29 Å². The van der Waals surface area contributed by atoms with Gasteiger partial charge in [-0.3, -0.25) is 0 Å². The van der Waals surface area contributed by atoms with Crippen LogP contribution in [0.5, 0.6) is 0 Å². The van der Waals surface area contributed by atoms with Gasteiger partial charge in [0.2, 0.25) is 5.79 Å². The Morgan fingerprint density at radius 2 is 1.65 bits per heavy atom. The summed E-state index contributed by atoms with van der Waals surface area (Å²) in [4.78, 5) is 11.3. The highest BCUT2D eigenvalue weighted by molar-refractivity contribution is 5.26. The molecule has 3 nitrogen and oxygen atoms in total. The van der Waals surface area contributed by atoms with Gasteiger partial charge in [0.05, 0.1) is 0 Å². The van der Waals surface area contributed by atoms with Crippen molar-refractivity contribution in [3.05, 3.63) is 35.4 Å². The lowest BCUT2D eigenvalue weighted by molar-refractivity contribution is -0.333. The SMILES string of the molecule is CCCCCCCCc1ccc(C23CCC(CCCC)C(OO2)O3)cc1. The fraction of sp³-hybridized carbons (Fsp3) is 0.739. The first kappa shape index (κ1) is 19.9. The van der Waals surface area contributed by atoms with Crippen LogP contribution in [0.4, 0.5) is 0 Å². The van der Waals surface area contributed by atoms with Crippen LogP contribution in [0.15, 0.2) is 24.3 Å². The van der Waals surface area contributed by atoms with E-state index >= 15 is 0 Å². The number of ether oxygens (including phenoxy) is 1. The smallest absolute Gasteiger partial charge is 0.230 e. The molecule has 146 valence electrons. The summed E-state index contributed by atoms with van der Waals surface area (Å²) in [5, 5.41) is 0. The van der Waals surface area contributed by atoms with E-state index in [1.165, 1.54) is 63.4 Å². The van der Waals surface area contributed by atoms with E-state index in [0.29, 0.717) is 5.92 Å². The van der Waals surface area contributed by atoms with Gasteiger partial charge in [0.1, 0.15) is 0 Å². The first-order valence-corrected chi connectivity index (χ1v) is 10.9. The Kier molecular flexibility index (Phi) is 7.53. The second-order valence-electron chi connectivity index (χ2n) is 8.07. The average Bonchev–Trinajstić information content (AvgIpc) is 3.03. The van der Waals surface area contributed by atoms with Crippen molar-refractivity contribution in [1.29, 1.82) is 0 Å². The first-order chi connectivity index (χ1) is 12.8. The second-order valence-corrected chi connectivity index (χ2v) is 8.07. The summed E-state index contributed by atoms with van der Waals surface area (Å²) in [5.74, 6) is -0.205. The first-order valence-electron chi connectivity index (χ1n) is 10.9. The number of aryl methyl sites for hydroxylation is 1. The Morgan fingerprint density at radius 3 is 2.42 bits per heavy atom. The monoisotopic (exact) mass is 360 g/mol. The highest BCUT2D eigenvalue weighted by Gasteiger charge is 2.51. The largest absolute Gasteiger partial charge is 0.311 e. The summed E-state index contributed by atoms with van der Waals surface area (Å²) in [6.07, 6.45) is 14.6. The standard InChI is InChI=1S/C23H36O3/c1-3-5-7-8-9-10-11-19-13-15-21(16-14-19)23-18-17-20(12-6-4-2)22(24-23)25-26-23/h13-16,20,22H,3-12,17-18H2,1-2H3. The molecule has 0 aromatic heterocycles. The molecule has 1 aromatic rings. The molecule has 0 amide bonds. The summed E-state index contributed by atoms with van der Waals surface area (Å²) in [5.41, 5.74) is 2.51. The molecule has 3 atom stereocenters. The second kappa shape index (κ2) is 9.87. The Morgan fingerprint density at radius 1 is 0.923 bits per heavy atom. The number of hydrogen-bond donors (Lipinski definition) is 0. The average molecular weight is 361 g/mol. The topological polar surface area (TPSA) is 27.7 Å². The zero-order chi connectivity index (χ0) is 18.2. The molecule has 2 aliphatic rings. The molecule has 3 rings (SSSR count).